The quantitative estimate of drug-likeness (QED) is 0.820. The number of amides is 1. The highest BCUT2D eigenvalue weighted by Gasteiger charge is 2.29. The molecule has 1 aliphatic heterocycles. The fraction of sp³-hybridized carbons (Fsp3) is 0.429. The zero-order valence-electron chi connectivity index (χ0n) is 11.0. The van der Waals surface area contributed by atoms with Gasteiger partial charge in [-0.15, -0.1) is 0 Å². The SMILES string of the molecule is CCOC(=O)CN1C(=O)[C@@H](N)CCc2ccccc21. The summed E-state index contributed by atoms with van der Waals surface area (Å²) in [6, 6.07) is 6.99. The maximum absolute atomic E-state index is 12.2. The second-order valence-corrected chi connectivity index (χ2v) is 4.50. The topological polar surface area (TPSA) is 72.6 Å². The standard InChI is InChI=1S/C14H18N2O3/c1-2-19-13(17)9-16-12-6-4-3-5-10(12)7-8-11(15)14(16)18/h3-6,11H,2,7-9,15H2,1H3/t11-/m0/s1. The van der Waals surface area contributed by atoms with Crippen molar-refractivity contribution in [2.45, 2.75) is 25.8 Å². The van der Waals surface area contributed by atoms with E-state index in [0.717, 1.165) is 17.7 Å². The number of fused-ring (bicyclic) bond motifs is 1. The number of carbonyl (C=O) groups is 2. The Morgan fingerprint density at radius 2 is 2.21 bits per heavy atom. The van der Waals surface area contributed by atoms with Crippen molar-refractivity contribution in [3.63, 3.8) is 0 Å². The Morgan fingerprint density at radius 1 is 1.47 bits per heavy atom. The normalized spacial score (nSPS) is 18.7. The van der Waals surface area contributed by atoms with E-state index < -0.39 is 12.0 Å². The van der Waals surface area contributed by atoms with Crippen molar-refractivity contribution in [2.24, 2.45) is 5.73 Å². The molecule has 0 spiro atoms. The molecular weight excluding hydrogens is 244 g/mol. The molecule has 0 aliphatic carbocycles. The number of carbonyl (C=O) groups excluding carboxylic acids is 2. The first-order valence-corrected chi connectivity index (χ1v) is 6.44. The van der Waals surface area contributed by atoms with Crippen molar-refractivity contribution in [3.8, 4) is 0 Å². The van der Waals surface area contributed by atoms with Crippen LogP contribution in [0, 0.1) is 0 Å². The lowest BCUT2D eigenvalue weighted by molar-refractivity contribution is -0.142. The molecule has 0 radical (unpaired) electrons. The first-order valence-electron chi connectivity index (χ1n) is 6.44. The molecule has 19 heavy (non-hydrogen) atoms. The van der Waals surface area contributed by atoms with Crippen LogP contribution in [0.5, 0.6) is 0 Å². The molecule has 1 aliphatic rings. The average molecular weight is 262 g/mol. The van der Waals surface area contributed by atoms with Crippen LogP contribution in [0.25, 0.3) is 0 Å². The van der Waals surface area contributed by atoms with E-state index in [0.29, 0.717) is 13.0 Å². The third-order valence-corrected chi connectivity index (χ3v) is 3.18. The Labute approximate surface area is 112 Å². The summed E-state index contributed by atoms with van der Waals surface area (Å²) in [6.07, 6.45) is 1.33. The Balaban J connectivity index is 2.31. The van der Waals surface area contributed by atoms with Gasteiger partial charge >= 0.3 is 5.97 Å². The lowest BCUT2D eigenvalue weighted by atomic mass is 10.1. The van der Waals surface area contributed by atoms with Gasteiger partial charge in [0.15, 0.2) is 0 Å². The van der Waals surface area contributed by atoms with Gasteiger partial charge in [0, 0.05) is 5.69 Å². The number of hydrogen-bond donors (Lipinski definition) is 1. The molecule has 0 bridgehead atoms. The van der Waals surface area contributed by atoms with Crippen LogP contribution < -0.4 is 10.6 Å². The lowest BCUT2D eigenvalue weighted by Gasteiger charge is -2.23. The molecule has 5 nitrogen and oxygen atoms in total. The molecule has 0 aromatic heterocycles. The number of anilines is 1. The minimum Gasteiger partial charge on any atom is -0.465 e. The predicted octanol–water partition coefficient (Wildman–Crippen LogP) is 0.856. The number of nitrogens with zero attached hydrogens (tertiary/aromatic N) is 1. The highest BCUT2D eigenvalue weighted by Crippen LogP contribution is 2.26. The zero-order valence-corrected chi connectivity index (χ0v) is 11.0. The molecule has 1 aromatic carbocycles. The summed E-state index contributed by atoms with van der Waals surface area (Å²) in [7, 11) is 0. The smallest absolute Gasteiger partial charge is 0.326 e. The maximum atomic E-state index is 12.2. The lowest BCUT2D eigenvalue weighted by Crippen LogP contribution is -2.45. The third kappa shape index (κ3) is 2.93. The Bertz CT molecular complexity index is 487. The Morgan fingerprint density at radius 3 is 2.95 bits per heavy atom. The van der Waals surface area contributed by atoms with Gasteiger partial charge in [-0.05, 0) is 31.4 Å². The van der Waals surface area contributed by atoms with E-state index in [4.69, 9.17) is 10.5 Å². The van der Waals surface area contributed by atoms with Gasteiger partial charge in [0.25, 0.3) is 0 Å². The van der Waals surface area contributed by atoms with Crippen LogP contribution in [0.1, 0.15) is 18.9 Å². The summed E-state index contributed by atoms with van der Waals surface area (Å²) < 4.78 is 4.91. The van der Waals surface area contributed by atoms with Crippen LogP contribution in [0.15, 0.2) is 24.3 Å². The summed E-state index contributed by atoms with van der Waals surface area (Å²) in [4.78, 5) is 25.3. The summed E-state index contributed by atoms with van der Waals surface area (Å²) >= 11 is 0. The summed E-state index contributed by atoms with van der Waals surface area (Å²) in [5.41, 5.74) is 7.65. The zero-order chi connectivity index (χ0) is 13.8. The highest BCUT2D eigenvalue weighted by atomic mass is 16.5. The number of hydrogen-bond acceptors (Lipinski definition) is 4. The van der Waals surface area contributed by atoms with Gasteiger partial charge in [0.05, 0.1) is 12.6 Å². The van der Waals surface area contributed by atoms with Crippen molar-refractivity contribution >= 4 is 17.6 Å². The molecular formula is C14H18N2O3. The molecule has 1 atom stereocenters. The Hall–Kier alpha value is -1.88. The second-order valence-electron chi connectivity index (χ2n) is 4.50. The second kappa shape index (κ2) is 5.84. The van der Waals surface area contributed by atoms with Crippen molar-refractivity contribution in [2.75, 3.05) is 18.1 Å². The van der Waals surface area contributed by atoms with Crippen LogP contribution in [-0.4, -0.2) is 31.1 Å². The number of para-hydroxylation sites is 1. The van der Waals surface area contributed by atoms with Gasteiger partial charge in [0.2, 0.25) is 5.91 Å². The molecule has 0 saturated heterocycles. The van der Waals surface area contributed by atoms with Gasteiger partial charge in [-0.25, -0.2) is 0 Å². The molecule has 0 unspecified atom stereocenters. The molecule has 5 heteroatoms. The van der Waals surface area contributed by atoms with Gasteiger partial charge in [-0.3, -0.25) is 14.5 Å². The van der Waals surface area contributed by atoms with Crippen molar-refractivity contribution in [1.82, 2.24) is 0 Å². The van der Waals surface area contributed by atoms with Crippen LogP contribution in [0.4, 0.5) is 5.69 Å². The maximum Gasteiger partial charge on any atom is 0.326 e. The largest absolute Gasteiger partial charge is 0.465 e. The molecule has 0 saturated carbocycles. The first kappa shape index (κ1) is 13.5. The van der Waals surface area contributed by atoms with E-state index >= 15 is 0 Å². The number of aryl methyl sites for hydroxylation is 1. The van der Waals surface area contributed by atoms with Crippen LogP contribution in [-0.2, 0) is 20.7 Å². The number of esters is 1. The molecule has 1 aromatic rings. The fourth-order valence-corrected chi connectivity index (χ4v) is 2.24. The van der Waals surface area contributed by atoms with E-state index in [1.807, 2.05) is 24.3 Å². The van der Waals surface area contributed by atoms with E-state index in [-0.39, 0.29) is 12.5 Å². The molecule has 2 rings (SSSR count). The van der Waals surface area contributed by atoms with Gasteiger partial charge in [-0.1, -0.05) is 18.2 Å². The van der Waals surface area contributed by atoms with Gasteiger partial charge < -0.3 is 10.5 Å². The Kier molecular flexibility index (Phi) is 4.16. The summed E-state index contributed by atoms with van der Waals surface area (Å²) in [6.45, 7) is 1.95. The number of nitrogens with two attached hydrogens (primary N) is 1. The molecule has 1 heterocycles. The van der Waals surface area contributed by atoms with E-state index in [1.165, 1.54) is 4.90 Å². The molecule has 2 N–H and O–H groups in total. The molecule has 102 valence electrons. The monoisotopic (exact) mass is 262 g/mol. The van der Waals surface area contributed by atoms with Crippen LogP contribution >= 0.6 is 0 Å². The van der Waals surface area contributed by atoms with Crippen molar-refractivity contribution < 1.29 is 14.3 Å². The number of rotatable bonds is 3. The highest BCUT2D eigenvalue weighted by molar-refractivity contribution is 6.01. The fourth-order valence-electron chi connectivity index (χ4n) is 2.24. The first-order chi connectivity index (χ1) is 9.13. The van der Waals surface area contributed by atoms with Crippen LogP contribution in [0.3, 0.4) is 0 Å². The minimum atomic E-state index is -0.568. The third-order valence-electron chi connectivity index (χ3n) is 3.18. The summed E-state index contributed by atoms with van der Waals surface area (Å²) in [5, 5.41) is 0. The van der Waals surface area contributed by atoms with Crippen molar-refractivity contribution in [3.05, 3.63) is 29.8 Å². The van der Waals surface area contributed by atoms with Crippen molar-refractivity contribution in [1.29, 1.82) is 0 Å². The summed E-state index contributed by atoms with van der Waals surface area (Å²) in [5.74, 6) is -0.641. The van der Waals surface area contributed by atoms with Gasteiger partial charge in [0.1, 0.15) is 6.54 Å². The van der Waals surface area contributed by atoms with E-state index in [2.05, 4.69) is 0 Å². The number of benzene rings is 1. The van der Waals surface area contributed by atoms with E-state index in [9.17, 15) is 9.59 Å². The number of ether oxygens (including phenoxy) is 1. The predicted molar refractivity (Wildman–Crippen MR) is 71.7 cm³/mol. The van der Waals surface area contributed by atoms with E-state index in [1.54, 1.807) is 6.92 Å². The molecule has 0 fully saturated rings. The van der Waals surface area contributed by atoms with Gasteiger partial charge in [-0.2, -0.15) is 0 Å². The van der Waals surface area contributed by atoms with Crippen LogP contribution in [0.2, 0.25) is 0 Å². The minimum absolute atomic E-state index is 0.0859. The average Bonchev–Trinajstić information content (AvgIpc) is 2.52. The molecule has 1 amide bonds.